The number of carbonyl (C=O) groups is 3. The van der Waals surface area contributed by atoms with Crippen molar-refractivity contribution in [3.05, 3.63) is 65.7 Å². The van der Waals surface area contributed by atoms with Crippen molar-refractivity contribution in [2.45, 2.75) is 0 Å². The van der Waals surface area contributed by atoms with Crippen LogP contribution < -0.4 is 15.5 Å². The molecule has 0 bridgehead atoms. The van der Waals surface area contributed by atoms with Gasteiger partial charge in [-0.05, 0) is 36.4 Å². The summed E-state index contributed by atoms with van der Waals surface area (Å²) in [6.45, 7) is 3.20. The van der Waals surface area contributed by atoms with E-state index in [4.69, 9.17) is 0 Å². The second kappa shape index (κ2) is 9.93. The average Bonchev–Trinajstić information content (AvgIpc) is 2.75. The molecule has 1 aliphatic rings. The smallest absolute Gasteiger partial charge is 0.313 e. The number of nitrogens with one attached hydrogen (secondary N) is 3. The van der Waals surface area contributed by atoms with Crippen LogP contribution in [0.2, 0.25) is 0 Å². The van der Waals surface area contributed by atoms with E-state index in [1.807, 2.05) is 0 Å². The molecule has 1 saturated heterocycles. The van der Waals surface area contributed by atoms with Gasteiger partial charge in [-0.2, -0.15) is 0 Å². The molecule has 30 heavy (non-hydrogen) atoms. The van der Waals surface area contributed by atoms with Crippen molar-refractivity contribution in [2.75, 3.05) is 44.6 Å². The maximum atomic E-state index is 13.8. The largest absolute Gasteiger partial charge is 0.342 e. The molecule has 1 heterocycles. The van der Waals surface area contributed by atoms with Crippen molar-refractivity contribution in [1.82, 2.24) is 10.2 Å². The van der Waals surface area contributed by atoms with Crippen molar-refractivity contribution in [3.8, 4) is 0 Å². The number of carbonyl (C=O) groups excluding carboxylic acids is 3. The van der Waals surface area contributed by atoms with Gasteiger partial charge in [0, 0.05) is 5.69 Å². The molecule has 3 amide bonds. The van der Waals surface area contributed by atoms with Crippen LogP contribution in [0.4, 0.5) is 14.5 Å². The predicted octanol–water partition coefficient (Wildman–Crippen LogP) is 0.0604. The van der Waals surface area contributed by atoms with Gasteiger partial charge in [0.05, 0.1) is 44.8 Å². The first kappa shape index (κ1) is 21.4. The van der Waals surface area contributed by atoms with Crippen LogP contribution in [0.3, 0.4) is 0 Å². The van der Waals surface area contributed by atoms with E-state index in [1.165, 1.54) is 41.3 Å². The Hall–Kier alpha value is -3.33. The second-order valence-corrected chi connectivity index (χ2v) is 6.99. The highest BCUT2D eigenvalue weighted by molar-refractivity contribution is 6.39. The molecular formula is C21H23F2N4O3+. The number of hydrogen-bond donors (Lipinski definition) is 3. The Morgan fingerprint density at radius 1 is 0.933 bits per heavy atom. The normalized spacial score (nSPS) is 14.3. The molecule has 0 aliphatic carbocycles. The van der Waals surface area contributed by atoms with Gasteiger partial charge in [-0.15, -0.1) is 0 Å². The number of benzene rings is 2. The minimum atomic E-state index is -0.822. The summed E-state index contributed by atoms with van der Waals surface area (Å²) in [4.78, 5) is 39.0. The topological polar surface area (TPSA) is 83.0 Å². The van der Waals surface area contributed by atoms with Gasteiger partial charge in [-0.25, -0.2) is 8.78 Å². The van der Waals surface area contributed by atoms with E-state index in [9.17, 15) is 23.2 Å². The zero-order valence-corrected chi connectivity index (χ0v) is 16.3. The van der Waals surface area contributed by atoms with Gasteiger partial charge in [-0.1, -0.05) is 12.1 Å². The Labute approximate surface area is 172 Å². The molecule has 158 valence electrons. The lowest BCUT2D eigenvalue weighted by molar-refractivity contribution is -0.902. The van der Waals surface area contributed by atoms with E-state index in [2.05, 4.69) is 10.6 Å². The first-order valence-corrected chi connectivity index (χ1v) is 9.66. The van der Waals surface area contributed by atoms with E-state index in [0.717, 1.165) is 0 Å². The Morgan fingerprint density at radius 2 is 1.60 bits per heavy atom. The molecule has 0 atom stereocenters. The summed E-state index contributed by atoms with van der Waals surface area (Å²) in [6, 6.07) is 11.0. The molecule has 3 N–H and O–H groups in total. The zero-order valence-electron chi connectivity index (χ0n) is 16.3. The molecule has 0 saturated carbocycles. The van der Waals surface area contributed by atoms with Gasteiger partial charge in [0.25, 0.3) is 5.91 Å². The number of amides is 3. The SMILES string of the molecule is O=C(NCC[NH+]1CCN(C(=O)c2ccccc2F)CC1)C(=O)Nc1ccc(F)cc1. The van der Waals surface area contributed by atoms with Crippen LogP contribution >= 0.6 is 0 Å². The number of quaternary nitrogens is 1. The minimum Gasteiger partial charge on any atom is -0.342 e. The Bertz CT molecular complexity index is 913. The van der Waals surface area contributed by atoms with E-state index < -0.39 is 23.4 Å². The molecule has 1 fully saturated rings. The molecule has 7 nitrogen and oxygen atoms in total. The molecule has 0 spiro atoms. The summed E-state index contributed by atoms with van der Waals surface area (Å²) >= 11 is 0. The maximum Gasteiger partial charge on any atom is 0.313 e. The van der Waals surface area contributed by atoms with Crippen molar-refractivity contribution in [3.63, 3.8) is 0 Å². The van der Waals surface area contributed by atoms with Gasteiger partial charge in [0.2, 0.25) is 0 Å². The van der Waals surface area contributed by atoms with Gasteiger partial charge < -0.3 is 20.4 Å². The fraction of sp³-hybridized carbons (Fsp3) is 0.286. The van der Waals surface area contributed by atoms with E-state index >= 15 is 0 Å². The van der Waals surface area contributed by atoms with E-state index in [0.29, 0.717) is 45.0 Å². The summed E-state index contributed by atoms with van der Waals surface area (Å²) < 4.78 is 26.7. The first-order valence-electron chi connectivity index (χ1n) is 9.66. The number of nitrogens with zero attached hydrogens (tertiary/aromatic N) is 1. The number of rotatable bonds is 5. The summed E-state index contributed by atoms with van der Waals surface area (Å²) in [5.41, 5.74) is 0.401. The number of anilines is 1. The number of halogens is 2. The highest BCUT2D eigenvalue weighted by Crippen LogP contribution is 2.10. The van der Waals surface area contributed by atoms with Crippen LogP contribution in [0, 0.1) is 11.6 Å². The van der Waals surface area contributed by atoms with Crippen molar-refractivity contribution in [2.24, 2.45) is 0 Å². The van der Waals surface area contributed by atoms with Crippen molar-refractivity contribution < 1.29 is 28.1 Å². The molecule has 0 radical (unpaired) electrons. The summed E-state index contributed by atoms with van der Waals surface area (Å²) in [5.74, 6) is -2.88. The molecule has 1 aliphatic heterocycles. The van der Waals surface area contributed by atoms with Crippen LogP contribution in [0.25, 0.3) is 0 Å². The Morgan fingerprint density at radius 3 is 2.27 bits per heavy atom. The monoisotopic (exact) mass is 417 g/mol. The highest BCUT2D eigenvalue weighted by atomic mass is 19.1. The molecule has 0 unspecified atom stereocenters. The molecule has 2 aromatic rings. The van der Waals surface area contributed by atoms with Gasteiger partial charge in [0.1, 0.15) is 11.6 Å². The lowest BCUT2D eigenvalue weighted by Crippen LogP contribution is -3.15. The minimum absolute atomic E-state index is 0.0698. The predicted molar refractivity (Wildman–Crippen MR) is 106 cm³/mol. The lowest BCUT2D eigenvalue weighted by Gasteiger charge is -2.32. The molecule has 2 aromatic carbocycles. The average molecular weight is 417 g/mol. The Balaban J connectivity index is 1.38. The van der Waals surface area contributed by atoms with Crippen LogP contribution in [-0.2, 0) is 9.59 Å². The van der Waals surface area contributed by atoms with Crippen molar-refractivity contribution in [1.29, 1.82) is 0 Å². The first-order chi connectivity index (χ1) is 14.4. The second-order valence-electron chi connectivity index (χ2n) is 6.99. The van der Waals surface area contributed by atoms with Crippen LogP contribution in [-0.4, -0.2) is 61.9 Å². The molecule has 3 rings (SSSR count). The third-order valence-corrected chi connectivity index (χ3v) is 4.93. The quantitative estimate of drug-likeness (QED) is 0.602. The van der Waals surface area contributed by atoms with E-state index in [1.54, 1.807) is 17.0 Å². The highest BCUT2D eigenvalue weighted by Gasteiger charge is 2.26. The van der Waals surface area contributed by atoms with Gasteiger partial charge in [0.15, 0.2) is 0 Å². The van der Waals surface area contributed by atoms with Crippen molar-refractivity contribution >= 4 is 23.4 Å². The molecule has 9 heteroatoms. The third kappa shape index (κ3) is 5.60. The van der Waals surface area contributed by atoms with Crippen LogP contribution in [0.1, 0.15) is 10.4 Å². The zero-order chi connectivity index (χ0) is 21.5. The van der Waals surface area contributed by atoms with Gasteiger partial charge in [-0.3, -0.25) is 14.4 Å². The summed E-state index contributed by atoms with van der Waals surface area (Å²) in [6.07, 6.45) is 0. The van der Waals surface area contributed by atoms with Crippen LogP contribution in [0.5, 0.6) is 0 Å². The lowest BCUT2D eigenvalue weighted by atomic mass is 10.1. The summed E-state index contributed by atoms with van der Waals surface area (Å²) in [5, 5.41) is 4.95. The maximum absolute atomic E-state index is 13.8. The molecular weight excluding hydrogens is 394 g/mol. The number of piperazine rings is 1. The molecule has 0 aromatic heterocycles. The number of hydrogen-bond acceptors (Lipinski definition) is 3. The van der Waals surface area contributed by atoms with Gasteiger partial charge >= 0.3 is 11.8 Å². The van der Waals surface area contributed by atoms with Crippen LogP contribution in [0.15, 0.2) is 48.5 Å². The fourth-order valence-corrected chi connectivity index (χ4v) is 3.24. The standard InChI is InChI=1S/C21H22F2N4O3/c22-15-5-7-16(8-6-15)25-20(29)19(28)24-9-10-26-11-13-27(14-12-26)21(30)17-3-1-2-4-18(17)23/h1-8H,9-14H2,(H,24,28)(H,25,29)/p+1. The fourth-order valence-electron chi connectivity index (χ4n) is 3.24. The Kier molecular flexibility index (Phi) is 7.08. The summed E-state index contributed by atoms with van der Waals surface area (Å²) in [7, 11) is 0. The van der Waals surface area contributed by atoms with E-state index in [-0.39, 0.29) is 11.5 Å². The third-order valence-electron chi connectivity index (χ3n) is 4.93.